The van der Waals surface area contributed by atoms with Gasteiger partial charge in [-0.1, -0.05) is 36.7 Å². The van der Waals surface area contributed by atoms with E-state index in [0.29, 0.717) is 26.4 Å². The van der Waals surface area contributed by atoms with Crippen LogP contribution in [0.15, 0.2) is 40.8 Å². The number of carboxylic acids is 1. The largest absolute Gasteiger partial charge is 0.480 e. The van der Waals surface area contributed by atoms with Crippen LogP contribution in [0.25, 0.3) is 22.1 Å². The molecule has 10 heteroatoms. The Morgan fingerprint density at radius 1 is 1.41 bits per heavy atom. The molecule has 137 valence electrons. The van der Waals surface area contributed by atoms with Gasteiger partial charge in [0.1, 0.15) is 12.4 Å². The van der Waals surface area contributed by atoms with E-state index in [2.05, 4.69) is 26.9 Å². The lowest BCUT2D eigenvalue weighted by atomic mass is 10.2. The van der Waals surface area contributed by atoms with Crippen LogP contribution in [-0.2, 0) is 4.79 Å². The van der Waals surface area contributed by atoms with E-state index >= 15 is 0 Å². The second-order valence-corrected chi connectivity index (χ2v) is 7.11. The Hall–Kier alpha value is -2.78. The van der Waals surface area contributed by atoms with Gasteiger partial charge in [0, 0.05) is 10.9 Å². The summed E-state index contributed by atoms with van der Waals surface area (Å²) in [4.78, 5) is 27.6. The predicted octanol–water partition coefficient (Wildman–Crippen LogP) is 3.54. The zero-order valence-electron chi connectivity index (χ0n) is 13.9. The van der Waals surface area contributed by atoms with Crippen molar-refractivity contribution in [1.82, 2.24) is 24.5 Å². The van der Waals surface area contributed by atoms with E-state index in [-0.39, 0.29) is 12.2 Å². The van der Waals surface area contributed by atoms with Gasteiger partial charge in [0.15, 0.2) is 22.1 Å². The van der Waals surface area contributed by atoms with E-state index in [9.17, 15) is 9.90 Å². The number of imidazole rings is 1. The SMILES string of the molecule is [CH2]CC(C(=O)O)n1c(Sc2[nH]c3ccccc3c2Cl)nc2c(N)ncnc21. The number of hydrogen-bond acceptors (Lipinski definition) is 6. The number of anilines is 1. The number of nitrogens with two attached hydrogens (primary N) is 1. The van der Waals surface area contributed by atoms with Crippen LogP contribution in [0, 0.1) is 6.92 Å². The van der Waals surface area contributed by atoms with Crippen molar-refractivity contribution in [3.8, 4) is 0 Å². The Labute approximate surface area is 162 Å². The molecule has 27 heavy (non-hydrogen) atoms. The van der Waals surface area contributed by atoms with E-state index in [0.717, 1.165) is 10.9 Å². The van der Waals surface area contributed by atoms with Crippen LogP contribution in [-0.4, -0.2) is 35.6 Å². The van der Waals surface area contributed by atoms with Crippen molar-refractivity contribution >= 4 is 57.2 Å². The second kappa shape index (κ2) is 6.75. The van der Waals surface area contributed by atoms with Crippen LogP contribution >= 0.6 is 23.4 Å². The molecule has 0 saturated heterocycles. The number of nitrogen functional groups attached to an aromatic ring is 1. The summed E-state index contributed by atoms with van der Waals surface area (Å²) in [6, 6.07) is 6.66. The van der Waals surface area contributed by atoms with Crippen molar-refractivity contribution in [3.63, 3.8) is 0 Å². The molecule has 0 bridgehead atoms. The maximum absolute atomic E-state index is 11.8. The van der Waals surface area contributed by atoms with Gasteiger partial charge in [0.05, 0.1) is 10.0 Å². The maximum atomic E-state index is 11.8. The van der Waals surface area contributed by atoms with Crippen LogP contribution in [0.1, 0.15) is 12.5 Å². The fraction of sp³-hybridized carbons (Fsp3) is 0.118. The molecule has 4 rings (SSSR count). The molecule has 1 unspecified atom stereocenters. The van der Waals surface area contributed by atoms with E-state index in [4.69, 9.17) is 17.3 Å². The number of carboxylic acid groups (broad SMARTS) is 1. The number of nitrogens with one attached hydrogen (secondary N) is 1. The Kier molecular flexibility index (Phi) is 4.40. The molecule has 0 amide bonds. The Bertz CT molecular complexity index is 1170. The van der Waals surface area contributed by atoms with Gasteiger partial charge in [-0.2, -0.15) is 0 Å². The first kappa shape index (κ1) is 17.6. The fourth-order valence-electron chi connectivity index (χ4n) is 2.87. The minimum atomic E-state index is -1.04. The quantitative estimate of drug-likeness (QED) is 0.467. The third-order valence-electron chi connectivity index (χ3n) is 4.15. The average Bonchev–Trinajstić information content (AvgIpc) is 3.16. The molecular formula is C17H14ClN6O2S. The molecule has 0 aliphatic carbocycles. The number of H-pyrrole nitrogens is 1. The first-order valence-electron chi connectivity index (χ1n) is 7.95. The van der Waals surface area contributed by atoms with Crippen molar-refractivity contribution in [1.29, 1.82) is 0 Å². The van der Waals surface area contributed by atoms with Crippen LogP contribution < -0.4 is 5.73 Å². The molecule has 0 spiro atoms. The summed E-state index contributed by atoms with van der Waals surface area (Å²) in [5, 5.41) is 12.1. The normalized spacial score (nSPS) is 12.7. The number of rotatable bonds is 5. The molecule has 4 aromatic rings. The van der Waals surface area contributed by atoms with Crippen LogP contribution in [0.5, 0.6) is 0 Å². The van der Waals surface area contributed by atoms with E-state index < -0.39 is 12.0 Å². The standard InChI is InChI=1S/C17H14ClN6O2S/c1-2-10(16(25)26)24-14-12(13(19)20-7-21-14)23-17(24)27-15-11(18)8-5-3-4-6-9(8)22-15/h3-7,10,22H,1-2H2,(H,25,26)(H2,19,20,21). The lowest BCUT2D eigenvalue weighted by Crippen LogP contribution is -2.19. The highest BCUT2D eigenvalue weighted by molar-refractivity contribution is 7.99. The summed E-state index contributed by atoms with van der Waals surface area (Å²) in [6.07, 6.45) is 1.39. The minimum absolute atomic E-state index is 0.110. The molecule has 1 aromatic carbocycles. The zero-order chi connectivity index (χ0) is 19.1. The molecule has 0 aliphatic heterocycles. The van der Waals surface area contributed by atoms with Gasteiger partial charge in [-0.05, 0) is 24.2 Å². The smallest absolute Gasteiger partial charge is 0.326 e. The molecule has 1 radical (unpaired) electrons. The third-order valence-corrected chi connectivity index (χ3v) is 5.63. The van der Waals surface area contributed by atoms with Crippen molar-refractivity contribution in [2.45, 2.75) is 22.6 Å². The number of halogens is 1. The van der Waals surface area contributed by atoms with Gasteiger partial charge >= 0.3 is 5.97 Å². The minimum Gasteiger partial charge on any atom is -0.480 e. The molecule has 4 N–H and O–H groups in total. The van der Waals surface area contributed by atoms with Gasteiger partial charge in [-0.15, -0.1) is 0 Å². The number of hydrogen-bond donors (Lipinski definition) is 3. The van der Waals surface area contributed by atoms with Crippen molar-refractivity contribution in [3.05, 3.63) is 42.5 Å². The summed E-state index contributed by atoms with van der Waals surface area (Å²) in [7, 11) is 0. The average molecular weight is 402 g/mol. The van der Waals surface area contributed by atoms with E-state index in [1.807, 2.05) is 24.3 Å². The molecule has 8 nitrogen and oxygen atoms in total. The highest BCUT2D eigenvalue weighted by atomic mass is 35.5. The van der Waals surface area contributed by atoms with Gasteiger partial charge in [0.25, 0.3) is 0 Å². The Morgan fingerprint density at radius 3 is 2.89 bits per heavy atom. The topological polar surface area (TPSA) is 123 Å². The number of aliphatic carboxylic acids is 1. The number of nitrogens with zero attached hydrogens (tertiary/aromatic N) is 4. The fourth-order valence-corrected chi connectivity index (χ4v) is 4.19. The summed E-state index contributed by atoms with van der Waals surface area (Å²) < 4.78 is 1.51. The second-order valence-electron chi connectivity index (χ2n) is 5.75. The number of carbonyl (C=O) groups is 1. The molecular weight excluding hydrogens is 388 g/mol. The van der Waals surface area contributed by atoms with Crippen molar-refractivity contribution < 1.29 is 9.90 Å². The highest BCUT2D eigenvalue weighted by Crippen LogP contribution is 2.39. The van der Waals surface area contributed by atoms with Gasteiger partial charge in [-0.25, -0.2) is 19.7 Å². The van der Waals surface area contributed by atoms with E-state index in [1.165, 1.54) is 22.7 Å². The lowest BCUT2D eigenvalue weighted by Gasteiger charge is -2.14. The molecule has 0 fully saturated rings. The number of benzene rings is 1. The van der Waals surface area contributed by atoms with Gasteiger partial charge < -0.3 is 15.8 Å². The summed E-state index contributed by atoms with van der Waals surface area (Å²) in [5.41, 5.74) is 7.46. The van der Waals surface area contributed by atoms with Gasteiger partial charge in [0.2, 0.25) is 0 Å². The molecule has 0 aliphatic rings. The molecule has 1 atom stereocenters. The van der Waals surface area contributed by atoms with Gasteiger partial charge in [-0.3, -0.25) is 4.57 Å². The van der Waals surface area contributed by atoms with Crippen LogP contribution in [0.4, 0.5) is 5.82 Å². The Morgan fingerprint density at radius 2 is 2.19 bits per heavy atom. The first-order chi connectivity index (χ1) is 13.0. The highest BCUT2D eigenvalue weighted by Gasteiger charge is 2.27. The van der Waals surface area contributed by atoms with Crippen molar-refractivity contribution in [2.24, 2.45) is 0 Å². The van der Waals surface area contributed by atoms with Crippen LogP contribution in [0.3, 0.4) is 0 Å². The molecule has 3 aromatic heterocycles. The number of fused-ring (bicyclic) bond motifs is 2. The summed E-state index contributed by atoms with van der Waals surface area (Å²) in [6.45, 7) is 3.75. The maximum Gasteiger partial charge on any atom is 0.326 e. The summed E-state index contributed by atoms with van der Waals surface area (Å²) >= 11 is 7.71. The molecule has 3 heterocycles. The monoisotopic (exact) mass is 401 g/mol. The summed E-state index contributed by atoms with van der Waals surface area (Å²) in [5.74, 6) is -0.859. The predicted molar refractivity (Wildman–Crippen MR) is 104 cm³/mol. The Balaban J connectivity index is 1.91. The first-order valence-corrected chi connectivity index (χ1v) is 9.15. The zero-order valence-corrected chi connectivity index (χ0v) is 15.5. The lowest BCUT2D eigenvalue weighted by molar-refractivity contribution is -0.140. The van der Waals surface area contributed by atoms with Crippen LogP contribution in [0.2, 0.25) is 5.02 Å². The van der Waals surface area contributed by atoms with E-state index in [1.54, 1.807) is 0 Å². The number of aromatic nitrogens is 5. The number of para-hydroxylation sites is 1. The number of aromatic amines is 1. The third kappa shape index (κ3) is 2.88. The molecule has 0 saturated carbocycles. The van der Waals surface area contributed by atoms with Crippen molar-refractivity contribution in [2.75, 3.05) is 5.73 Å².